The van der Waals surface area contributed by atoms with Crippen LogP contribution in [0.5, 0.6) is 0 Å². The fourth-order valence-electron chi connectivity index (χ4n) is 5.20. The highest BCUT2D eigenvalue weighted by molar-refractivity contribution is 6.30. The largest absolute Gasteiger partial charge is 0.364 e. The van der Waals surface area contributed by atoms with Crippen molar-refractivity contribution in [2.24, 2.45) is 7.05 Å². The fraction of sp³-hybridized carbons (Fsp3) is 0.286. The number of pyridine rings is 3. The third-order valence-corrected chi connectivity index (χ3v) is 7.31. The number of aromatic nitrogens is 3. The zero-order valence-corrected chi connectivity index (χ0v) is 21.5. The molecule has 7 nitrogen and oxygen atoms in total. The molecule has 4 heterocycles. The van der Waals surface area contributed by atoms with E-state index in [1.165, 1.54) is 6.07 Å². The van der Waals surface area contributed by atoms with E-state index in [0.29, 0.717) is 46.2 Å². The second-order valence-corrected chi connectivity index (χ2v) is 9.93. The molecule has 0 bridgehead atoms. The molecule has 0 amide bonds. The molecule has 0 N–H and O–H groups in total. The van der Waals surface area contributed by atoms with Gasteiger partial charge in [-0.3, -0.25) is 9.69 Å². The molecule has 2 unspecified atom stereocenters. The lowest BCUT2D eigenvalue weighted by Crippen LogP contribution is -2.57. The number of fused-ring (bicyclic) bond motifs is 1. The first-order valence-electron chi connectivity index (χ1n) is 12.1. The Labute approximate surface area is 219 Å². The first-order valence-corrected chi connectivity index (χ1v) is 12.5. The molecule has 0 spiro atoms. The summed E-state index contributed by atoms with van der Waals surface area (Å²) in [6.07, 6.45) is 0. The summed E-state index contributed by atoms with van der Waals surface area (Å²) < 4.78 is 15.7. The first-order chi connectivity index (χ1) is 17.8. The van der Waals surface area contributed by atoms with E-state index in [0.717, 1.165) is 5.56 Å². The molecule has 1 saturated heterocycles. The summed E-state index contributed by atoms with van der Waals surface area (Å²) in [6.45, 7) is 5.43. The third kappa shape index (κ3) is 4.68. The van der Waals surface area contributed by atoms with Gasteiger partial charge in [-0.05, 0) is 55.8 Å². The van der Waals surface area contributed by atoms with E-state index in [-0.39, 0.29) is 23.7 Å². The summed E-state index contributed by atoms with van der Waals surface area (Å²) in [5.74, 6) is -0.526. The van der Waals surface area contributed by atoms with Crippen LogP contribution in [0.2, 0.25) is 5.02 Å². The number of nitrogens with zero attached hydrogens (tertiary/aromatic N) is 6. The Balaban J connectivity index is 1.56. The number of halogens is 2. The Morgan fingerprint density at radius 2 is 1.81 bits per heavy atom. The molecular weight excluding hydrogens is 491 g/mol. The summed E-state index contributed by atoms with van der Waals surface area (Å²) in [4.78, 5) is 26.1. The monoisotopic (exact) mass is 516 g/mol. The van der Waals surface area contributed by atoms with Gasteiger partial charge >= 0.3 is 0 Å². The average Bonchev–Trinajstić information content (AvgIpc) is 2.89. The Hall–Kier alpha value is -3.80. The number of anilines is 1. The van der Waals surface area contributed by atoms with Crippen molar-refractivity contribution in [3.05, 3.63) is 98.9 Å². The molecule has 4 aromatic rings. The third-order valence-electron chi connectivity index (χ3n) is 7.06. The van der Waals surface area contributed by atoms with Crippen LogP contribution in [0, 0.1) is 17.3 Å². The van der Waals surface area contributed by atoms with Crippen molar-refractivity contribution < 1.29 is 4.39 Å². The van der Waals surface area contributed by atoms with Gasteiger partial charge in [-0.2, -0.15) is 9.65 Å². The lowest BCUT2D eigenvalue weighted by atomic mass is 9.96. The molecule has 3 atom stereocenters. The predicted octanol–water partition coefficient (Wildman–Crippen LogP) is 4.68. The van der Waals surface area contributed by atoms with E-state index in [1.54, 1.807) is 35.9 Å². The van der Waals surface area contributed by atoms with Crippen LogP contribution in [-0.2, 0) is 7.05 Å². The summed E-state index contributed by atoms with van der Waals surface area (Å²) >= 11 is 6.16. The van der Waals surface area contributed by atoms with Crippen LogP contribution in [0.1, 0.15) is 36.8 Å². The maximum Gasteiger partial charge on any atom is 0.252 e. The summed E-state index contributed by atoms with van der Waals surface area (Å²) in [7, 11) is 1.70. The van der Waals surface area contributed by atoms with E-state index in [9.17, 15) is 14.4 Å². The SMILES string of the molecule is CC1CN(c2cc(=O)n(C)c3ccc(C#N)nc23)[C@@H](C)CN1C(c1ccc(Cl)cc1)c1cccc(F)n1. The number of hydrogen-bond acceptors (Lipinski definition) is 6. The van der Waals surface area contributed by atoms with Gasteiger partial charge in [-0.1, -0.05) is 29.8 Å². The molecule has 0 radical (unpaired) electrons. The van der Waals surface area contributed by atoms with Crippen molar-refractivity contribution in [3.63, 3.8) is 0 Å². The van der Waals surface area contributed by atoms with Crippen LogP contribution in [0.3, 0.4) is 0 Å². The minimum Gasteiger partial charge on any atom is -0.364 e. The number of hydrogen-bond donors (Lipinski definition) is 0. The molecular formula is C28H26ClFN6O. The molecule has 3 aromatic heterocycles. The molecule has 0 saturated carbocycles. The molecule has 37 heavy (non-hydrogen) atoms. The number of nitriles is 1. The van der Waals surface area contributed by atoms with Crippen molar-refractivity contribution in [1.29, 1.82) is 5.26 Å². The Bertz CT molecular complexity index is 1560. The molecule has 1 aliphatic heterocycles. The molecule has 0 aliphatic carbocycles. The van der Waals surface area contributed by atoms with Crippen molar-refractivity contribution in [2.45, 2.75) is 32.0 Å². The van der Waals surface area contributed by atoms with Gasteiger partial charge in [0.2, 0.25) is 5.95 Å². The van der Waals surface area contributed by atoms with Crippen LogP contribution < -0.4 is 10.5 Å². The van der Waals surface area contributed by atoms with Crippen LogP contribution in [-0.4, -0.2) is 44.6 Å². The summed E-state index contributed by atoms with van der Waals surface area (Å²) in [5.41, 5.74) is 3.75. The minimum absolute atomic E-state index is 0.0117. The number of piperazine rings is 1. The van der Waals surface area contributed by atoms with Gasteiger partial charge < -0.3 is 9.47 Å². The standard InChI is InChI=1S/C28H26ClFN6O/c1-17-16-36(28(19-7-9-20(29)10-8-19)22-5-4-6-25(30)33-22)18(2)15-35(17)24-13-26(37)34(3)23-12-11-21(14-31)32-27(23)24/h4-13,17-18,28H,15-16H2,1-3H3/t17-,18?,28?/m0/s1. The topological polar surface area (TPSA) is 78.0 Å². The van der Waals surface area contributed by atoms with Crippen LogP contribution >= 0.6 is 11.6 Å². The van der Waals surface area contributed by atoms with Gasteiger partial charge in [-0.25, -0.2) is 9.97 Å². The van der Waals surface area contributed by atoms with Crippen LogP contribution in [0.25, 0.3) is 11.0 Å². The second kappa shape index (κ2) is 9.92. The second-order valence-electron chi connectivity index (χ2n) is 9.49. The van der Waals surface area contributed by atoms with Crippen molar-refractivity contribution in [1.82, 2.24) is 19.4 Å². The van der Waals surface area contributed by atoms with Gasteiger partial charge in [0.1, 0.15) is 17.3 Å². The lowest BCUT2D eigenvalue weighted by molar-refractivity contribution is 0.127. The zero-order chi connectivity index (χ0) is 26.3. The Kier molecular flexibility index (Phi) is 6.67. The zero-order valence-electron chi connectivity index (χ0n) is 20.8. The molecule has 1 aliphatic rings. The van der Waals surface area contributed by atoms with Crippen molar-refractivity contribution in [2.75, 3.05) is 18.0 Å². The van der Waals surface area contributed by atoms with E-state index in [2.05, 4.69) is 39.7 Å². The van der Waals surface area contributed by atoms with Gasteiger partial charge in [0.25, 0.3) is 5.56 Å². The predicted molar refractivity (Wildman–Crippen MR) is 142 cm³/mol. The smallest absolute Gasteiger partial charge is 0.252 e. The normalized spacial score (nSPS) is 19.1. The van der Waals surface area contributed by atoms with E-state index in [4.69, 9.17) is 11.6 Å². The quantitative estimate of drug-likeness (QED) is 0.366. The van der Waals surface area contributed by atoms with Crippen LogP contribution in [0.15, 0.2) is 65.5 Å². The Morgan fingerprint density at radius 3 is 2.51 bits per heavy atom. The summed E-state index contributed by atoms with van der Waals surface area (Å²) in [6, 6.07) is 19.2. The van der Waals surface area contributed by atoms with Gasteiger partial charge in [0.05, 0.1) is 22.9 Å². The maximum atomic E-state index is 14.2. The van der Waals surface area contributed by atoms with Gasteiger partial charge in [0, 0.05) is 43.3 Å². The van der Waals surface area contributed by atoms with Crippen LogP contribution in [0.4, 0.5) is 10.1 Å². The molecule has 5 rings (SSSR count). The number of aryl methyl sites for hydroxylation is 1. The number of benzene rings is 1. The van der Waals surface area contributed by atoms with Gasteiger partial charge in [0.15, 0.2) is 0 Å². The molecule has 188 valence electrons. The molecule has 9 heteroatoms. The lowest BCUT2D eigenvalue weighted by Gasteiger charge is -2.48. The van der Waals surface area contributed by atoms with Crippen molar-refractivity contribution in [3.8, 4) is 6.07 Å². The maximum absolute atomic E-state index is 14.2. The van der Waals surface area contributed by atoms with E-state index >= 15 is 0 Å². The van der Waals surface area contributed by atoms with Crippen molar-refractivity contribution >= 4 is 28.3 Å². The average molecular weight is 517 g/mol. The highest BCUT2D eigenvalue weighted by Crippen LogP contribution is 2.35. The Morgan fingerprint density at radius 1 is 1.05 bits per heavy atom. The first kappa shape index (κ1) is 24.9. The molecule has 1 aromatic carbocycles. The molecule has 1 fully saturated rings. The van der Waals surface area contributed by atoms with E-state index in [1.807, 2.05) is 30.3 Å². The summed E-state index contributed by atoms with van der Waals surface area (Å²) in [5, 5.41) is 10.1. The number of rotatable bonds is 4. The van der Waals surface area contributed by atoms with E-state index < -0.39 is 5.95 Å². The fourth-order valence-corrected chi connectivity index (χ4v) is 5.32. The highest BCUT2D eigenvalue weighted by atomic mass is 35.5. The highest BCUT2D eigenvalue weighted by Gasteiger charge is 2.36. The van der Waals surface area contributed by atoms with Gasteiger partial charge in [-0.15, -0.1) is 0 Å². The minimum atomic E-state index is -0.526.